The largest absolute Gasteiger partial charge is 0.493 e. The summed E-state index contributed by atoms with van der Waals surface area (Å²) in [6, 6.07) is 7.15. The Kier molecular flexibility index (Phi) is 4.37. The summed E-state index contributed by atoms with van der Waals surface area (Å²) in [5.74, 6) is 2.19. The Balaban J connectivity index is 2.45. The third-order valence-corrected chi connectivity index (χ3v) is 2.73. The maximum atomic E-state index is 5.79. The maximum absolute atomic E-state index is 5.79. The SMILES string of the molecule is COCc1cc(N)nc(-c2ccc(OC)c(OC)c2)n1. The average molecular weight is 275 g/mol. The van der Waals surface area contributed by atoms with Gasteiger partial charge in [0.15, 0.2) is 17.3 Å². The van der Waals surface area contributed by atoms with Gasteiger partial charge >= 0.3 is 0 Å². The Morgan fingerprint density at radius 2 is 1.75 bits per heavy atom. The van der Waals surface area contributed by atoms with Crippen molar-refractivity contribution < 1.29 is 14.2 Å². The molecule has 106 valence electrons. The number of hydrogen-bond donors (Lipinski definition) is 1. The van der Waals surface area contributed by atoms with Crippen LogP contribution in [0.4, 0.5) is 5.82 Å². The Labute approximate surface area is 117 Å². The van der Waals surface area contributed by atoms with E-state index in [0.717, 1.165) is 11.3 Å². The summed E-state index contributed by atoms with van der Waals surface area (Å²) in [6.45, 7) is 0.382. The number of benzene rings is 1. The molecule has 0 unspecified atom stereocenters. The summed E-state index contributed by atoms with van der Waals surface area (Å²) in [7, 11) is 4.78. The summed E-state index contributed by atoms with van der Waals surface area (Å²) in [5, 5.41) is 0. The van der Waals surface area contributed by atoms with Gasteiger partial charge in [0.25, 0.3) is 0 Å². The molecule has 0 fully saturated rings. The molecule has 0 amide bonds. The zero-order valence-electron chi connectivity index (χ0n) is 11.7. The highest BCUT2D eigenvalue weighted by atomic mass is 16.5. The van der Waals surface area contributed by atoms with Gasteiger partial charge in [-0.15, -0.1) is 0 Å². The zero-order chi connectivity index (χ0) is 14.5. The highest BCUT2D eigenvalue weighted by Gasteiger charge is 2.10. The number of hydrogen-bond acceptors (Lipinski definition) is 6. The van der Waals surface area contributed by atoms with Gasteiger partial charge in [0.05, 0.1) is 26.5 Å². The molecule has 6 heteroatoms. The molecule has 1 aromatic carbocycles. The van der Waals surface area contributed by atoms with Crippen LogP contribution in [0.2, 0.25) is 0 Å². The fourth-order valence-electron chi connectivity index (χ4n) is 1.84. The third-order valence-electron chi connectivity index (χ3n) is 2.73. The van der Waals surface area contributed by atoms with Gasteiger partial charge in [0.2, 0.25) is 0 Å². The number of nitrogens with two attached hydrogens (primary N) is 1. The number of methoxy groups -OCH3 is 3. The first-order chi connectivity index (χ1) is 9.67. The topological polar surface area (TPSA) is 79.5 Å². The van der Waals surface area contributed by atoms with Gasteiger partial charge in [0.1, 0.15) is 5.82 Å². The van der Waals surface area contributed by atoms with E-state index in [1.165, 1.54) is 0 Å². The van der Waals surface area contributed by atoms with Gasteiger partial charge in [-0.05, 0) is 18.2 Å². The van der Waals surface area contributed by atoms with Crippen LogP contribution in [0.25, 0.3) is 11.4 Å². The van der Waals surface area contributed by atoms with Gasteiger partial charge in [-0.25, -0.2) is 9.97 Å². The molecule has 0 aliphatic rings. The number of nitrogens with zero attached hydrogens (tertiary/aromatic N) is 2. The predicted molar refractivity (Wildman–Crippen MR) is 75.7 cm³/mol. The molecule has 2 rings (SSSR count). The van der Waals surface area contributed by atoms with Crippen LogP contribution in [0.5, 0.6) is 11.5 Å². The molecule has 2 aromatic rings. The molecule has 1 heterocycles. The van der Waals surface area contributed by atoms with Crippen LogP contribution in [-0.2, 0) is 11.3 Å². The number of rotatable bonds is 5. The van der Waals surface area contributed by atoms with E-state index in [1.807, 2.05) is 12.1 Å². The number of ether oxygens (including phenoxy) is 3. The molecule has 6 nitrogen and oxygen atoms in total. The predicted octanol–water partition coefficient (Wildman–Crippen LogP) is 1.89. The second-order valence-corrected chi connectivity index (χ2v) is 4.11. The van der Waals surface area contributed by atoms with Crippen LogP contribution in [0, 0.1) is 0 Å². The first-order valence-electron chi connectivity index (χ1n) is 6.02. The normalized spacial score (nSPS) is 10.3. The molecule has 2 N–H and O–H groups in total. The van der Waals surface area contributed by atoms with Crippen molar-refractivity contribution in [2.45, 2.75) is 6.61 Å². The second kappa shape index (κ2) is 6.21. The van der Waals surface area contributed by atoms with Gasteiger partial charge in [-0.1, -0.05) is 0 Å². The fraction of sp³-hybridized carbons (Fsp3) is 0.286. The van der Waals surface area contributed by atoms with E-state index in [-0.39, 0.29) is 0 Å². The van der Waals surface area contributed by atoms with Crippen molar-refractivity contribution in [2.75, 3.05) is 27.1 Å². The Bertz CT molecular complexity index is 602. The molecule has 0 saturated heterocycles. The van der Waals surface area contributed by atoms with Crippen molar-refractivity contribution in [3.8, 4) is 22.9 Å². The number of aromatic nitrogens is 2. The quantitative estimate of drug-likeness (QED) is 0.897. The number of anilines is 1. The van der Waals surface area contributed by atoms with E-state index < -0.39 is 0 Å². The van der Waals surface area contributed by atoms with Gasteiger partial charge in [-0.3, -0.25) is 0 Å². The van der Waals surface area contributed by atoms with Crippen molar-refractivity contribution in [1.82, 2.24) is 9.97 Å². The lowest BCUT2D eigenvalue weighted by atomic mass is 10.2. The Hall–Kier alpha value is -2.34. The van der Waals surface area contributed by atoms with Crippen molar-refractivity contribution in [3.63, 3.8) is 0 Å². The van der Waals surface area contributed by atoms with Gasteiger partial charge in [0, 0.05) is 18.7 Å². The molecule has 0 atom stereocenters. The average Bonchev–Trinajstić information content (AvgIpc) is 2.46. The molecule has 0 saturated carbocycles. The Morgan fingerprint density at radius 1 is 1.00 bits per heavy atom. The summed E-state index contributed by atoms with van der Waals surface area (Å²) in [6.07, 6.45) is 0. The first kappa shape index (κ1) is 14.1. The zero-order valence-corrected chi connectivity index (χ0v) is 11.7. The van der Waals surface area contributed by atoms with Crippen molar-refractivity contribution in [2.24, 2.45) is 0 Å². The lowest BCUT2D eigenvalue weighted by Gasteiger charge is -2.10. The maximum Gasteiger partial charge on any atom is 0.161 e. The lowest BCUT2D eigenvalue weighted by molar-refractivity contribution is 0.181. The molecular weight excluding hydrogens is 258 g/mol. The van der Waals surface area contributed by atoms with E-state index in [2.05, 4.69) is 9.97 Å². The minimum absolute atomic E-state index is 0.382. The lowest BCUT2D eigenvalue weighted by Crippen LogP contribution is -2.01. The molecule has 20 heavy (non-hydrogen) atoms. The minimum atomic E-state index is 0.382. The van der Waals surface area contributed by atoms with E-state index in [1.54, 1.807) is 33.5 Å². The standard InChI is InChI=1S/C14H17N3O3/c1-18-8-10-7-13(15)17-14(16-10)9-4-5-11(19-2)12(6-9)20-3/h4-7H,8H2,1-3H3,(H2,15,16,17). The molecule has 0 radical (unpaired) electrons. The van der Waals surface area contributed by atoms with Crippen LogP contribution in [0.3, 0.4) is 0 Å². The Morgan fingerprint density at radius 3 is 2.40 bits per heavy atom. The molecule has 0 spiro atoms. The van der Waals surface area contributed by atoms with Crippen molar-refractivity contribution in [1.29, 1.82) is 0 Å². The van der Waals surface area contributed by atoms with E-state index in [0.29, 0.717) is 29.7 Å². The van der Waals surface area contributed by atoms with Crippen LogP contribution < -0.4 is 15.2 Å². The minimum Gasteiger partial charge on any atom is -0.493 e. The van der Waals surface area contributed by atoms with E-state index >= 15 is 0 Å². The van der Waals surface area contributed by atoms with Crippen molar-refractivity contribution in [3.05, 3.63) is 30.0 Å². The van der Waals surface area contributed by atoms with E-state index in [9.17, 15) is 0 Å². The van der Waals surface area contributed by atoms with Gasteiger partial charge < -0.3 is 19.9 Å². The van der Waals surface area contributed by atoms with Gasteiger partial charge in [-0.2, -0.15) is 0 Å². The van der Waals surface area contributed by atoms with Crippen LogP contribution in [-0.4, -0.2) is 31.3 Å². The fourth-order valence-corrected chi connectivity index (χ4v) is 1.84. The third kappa shape index (κ3) is 2.97. The molecule has 1 aromatic heterocycles. The smallest absolute Gasteiger partial charge is 0.161 e. The summed E-state index contributed by atoms with van der Waals surface area (Å²) >= 11 is 0. The number of nitrogen functional groups attached to an aromatic ring is 1. The van der Waals surface area contributed by atoms with Crippen LogP contribution >= 0.6 is 0 Å². The monoisotopic (exact) mass is 275 g/mol. The molecule has 0 aliphatic heterocycles. The van der Waals surface area contributed by atoms with Crippen LogP contribution in [0.15, 0.2) is 24.3 Å². The highest BCUT2D eigenvalue weighted by Crippen LogP contribution is 2.31. The highest BCUT2D eigenvalue weighted by molar-refractivity contribution is 5.62. The van der Waals surface area contributed by atoms with Crippen LogP contribution in [0.1, 0.15) is 5.69 Å². The summed E-state index contributed by atoms with van der Waals surface area (Å²) < 4.78 is 15.5. The molecular formula is C14H17N3O3. The molecule has 0 aliphatic carbocycles. The molecule has 0 bridgehead atoms. The first-order valence-corrected chi connectivity index (χ1v) is 6.02. The summed E-state index contributed by atoms with van der Waals surface area (Å²) in [5.41, 5.74) is 7.32. The summed E-state index contributed by atoms with van der Waals surface area (Å²) in [4.78, 5) is 8.64. The van der Waals surface area contributed by atoms with E-state index in [4.69, 9.17) is 19.9 Å². The van der Waals surface area contributed by atoms with Crippen molar-refractivity contribution >= 4 is 5.82 Å². The second-order valence-electron chi connectivity index (χ2n) is 4.11.